The molecule has 4 heteroatoms. The molecule has 0 bridgehead atoms. The highest BCUT2D eigenvalue weighted by Crippen LogP contribution is 2.32. The Balaban J connectivity index is 2.44. The number of amides is 1. The van der Waals surface area contributed by atoms with Crippen LogP contribution in [0.15, 0.2) is 18.2 Å². The molecule has 4 nitrogen and oxygen atoms in total. The number of hydrogen-bond donors (Lipinski definition) is 1. The summed E-state index contributed by atoms with van der Waals surface area (Å²) in [5.74, 6) is 0.760. The zero-order chi connectivity index (χ0) is 10.1. The third kappa shape index (κ3) is 1.39. The van der Waals surface area contributed by atoms with Crippen LogP contribution in [0.4, 0.5) is 10.5 Å². The Bertz CT molecular complexity index is 376. The molecule has 0 fully saturated rings. The maximum absolute atomic E-state index is 11.0. The van der Waals surface area contributed by atoms with Crippen LogP contribution in [-0.4, -0.2) is 13.2 Å². The lowest BCUT2D eigenvalue weighted by molar-refractivity contribution is 0.116. The lowest BCUT2D eigenvalue weighted by atomic mass is 10.1. The number of rotatable bonds is 1. The zero-order valence-electron chi connectivity index (χ0n) is 8.03. The number of benzene rings is 1. The molecule has 0 aliphatic carbocycles. The normalized spacial score (nSPS) is 19.3. The van der Waals surface area contributed by atoms with Crippen molar-refractivity contribution in [3.63, 3.8) is 0 Å². The van der Waals surface area contributed by atoms with Crippen molar-refractivity contribution in [2.45, 2.75) is 13.0 Å². The summed E-state index contributed by atoms with van der Waals surface area (Å²) in [5, 5.41) is 2.62. The summed E-state index contributed by atoms with van der Waals surface area (Å²) in [6.45, 7) is 1.83. The zero-order valence-corrected chi connectivity index (χ0v) is 8.03. The van der Waals surface area contributed by atoms with E-state index in [-0.39, 0.29) is 6.10 Å². The molecule has 2 rings (SSSR count). The van der Waals surface area contributed by atoms with Crippen LogP contribution >= 0.6 is 0 Å². The highest BCUT2D eigenvalue weighted by atomic mass is 16.6. The number of ether oxygens (including phenoxy) is 2. The molecule has 0 spiro atoms. The number of carbonyl (C=O) groups is 1. The van der Waals surface area contributed by atoms with Crippen molar-refractivity contribution in [2.75, 3.05) is 12.4 Å². The maximum Gasteiger partial charge on any atom is 0.412 e. The molecule has 1 amide bonds. The molecule has 1 aromatic carbocycles. The molecule has 1 aliphatic rings. The SMILES string of the molecule is COc1ccc2c(c1)C(C)OC(=O)N2. The van der Waals surface area contributed by atoms with Gasteiger partial charge in [0, 0.05) is 5.56 Å². The Hall–Kier alpha value is -1.71. The first-order valence-electron chi connectivity index (χ1n) is 4.36. The summed E-state index contributed by atoms with van der Waals surface area (Å²) in [7, 11) is 1.61. The van der Waals surface area contributed by atoms with E-state index in [2.05, 4.69) is 5.32 Å². The Kier molecular flexibility index (Phi) is 2.04. The maximum atomic E-state index is 11.0. The molecule has 1 N–H and O–H groups in total. The number of nitrogens with one attached hydrogen (secondary N) is 1. The second-order valence-corrected chi connectivity index (χ2v) is 3.13. The smallest absolute Gasteiger partial charge is 0.412 e. The number of carbonyl (C=O) groups excluding carboxylic acids is 1. The van der Waals surface area contributed by atoms with E-state index in [1.165, 1.54) is 0 Å². The molecule has 1 aliphatic heterocycles. The van der Waals surface area contributed by atoms with Gasteiger partial charge in [-0.15, -0.1) is 0 Å². The molecule has 0 saturated heterocycles. The van der Waals surface area contributed by atoms with E-state index in [1.54, 1.807) is 13.2 Å². The minimum Gasteiger partial charge on any atom is -0.497 e. The van der Waals surface area contributed by atoms with E-state index in [9.17, 15) is 4.79 Å². The topological polar surface area (TPSA) is 47.6 Å². The van der Waals surface area contributed by atoms with E-state index >= 15 is 0 Å². The van der Waals surface area contributed by atoms with Gasteiger partial charge in [-0.05, 0) is 25.1 Å². The van der Waals surface area contributed by atoms with Gasteiger partial charge in [0.15, 0.2) is 0 Å². The number of fused-ring (bicyclic) bond motifs is 1. The van der Waals surface area contributed by atoms with E-state index < -0.39 is 6.09 Å². The molecule has 14 heavy (non-hydrogen) atoms. The Morgan fingerprint density at radius 2 is 2.29 bits per heavy atom. The van der Waals surface area contributed by atoms with E-state index in [0.717, 1.165) is 17.0 Å². The molecule has 0 radical (unpaired) electrons. The summed E-state index contributed by atoms with van der Waals surface area (Å²) in [5.41, 5.74) is 1.72. The van der Waals surface area contributed by atoms with Crippen LogP contribution in [0.1, 0.15) is 18.6 Å². The van der Waals surface area contributed by atoms with Gasteiger partial charge in [-0.1, -0.05) is 0 Å². The third-order valence-electron chi connectivity index (χ3n) is 2.22. The van der Waals surface area contributed by atoms with Gasteiger partial charge in [0.1, 0.15) is 11.9 Å². The van der Waals surface area contributed by atoms with Crippen LogP contribution in [0.5, 0.6) is 5.75 Å². The average Bonchev–Trinajstić information content (AvgIpc) is 2.17. The number of hydrogen-bond acceptors (Lipinski definition) is 3. The highest BCUT2D eigenvalue weighted by molar-refractivity contribution is 5.88. The Morgan fingerprint density at radius 3 is 3.00 bits per heavy atom. The fourth-order valence-corrected chi connectivity index (χ4v) is 1.48. The number of methoxy groups -OCH3 is 1. The van der Waals surface area contributed by atoms with E-state index in [1.807, 2.05) is 19.1 Å². The molecule has 0 saturated carbocycles. The van der Waals surface area contributed by atoms with Crippen molar-refractivity contribution >= 4 is 11.8 Å². The Labute approximate surface area is 81.8 Å². The first-order valence-corrected chi connectivity index (χ1v) is 4.36. The van der Waals surface area contributed by atoms with Crippen LogP contribution in [0.2, 0.25) is 0 Å². The summed E-state index contributed by atoms with van der Waals surface area (Å²) in [6.07, 6.45) is -0.635. The largest absolute Gasteiger partial charge is 0.497 e. The molecule has 74 valence electrons. The second-order valence-electron chi connectivity index (χ2n) is 3.13. The van der Waals surface area contributed by atoms with Crippen LogP contribution in [-0.2, 0) is 4.74 Å². The molecule has 1 atom stereocenters. The first kappa shape index (κ1) is 8.87. The summed E-state index contributed by atoms with van der Waals surface area (Å²) < 4.78 is 10.1. The van der Waals surface area contributed by atoms with Gasteiger partial charge < -0.3 is 9.47 Å². The molecular formula is C10H11NO3. The van der Waals surface area contributed by atoms with Gasteiger partial charge in [-0.25, -0.2) is 4.79 Å². The van der Waals surface area contributed by atoms with Gasteiger partial charge in [-0.2, -0.15) is 0 Å². The summed E-state index contributed by atoms with van der Waals surface area (Å²) >= 11 is 0. The van der Waals surface area contributed by atoms with Gasteiger partial charge >= 0.3 is 6.09 Å². The van der Waals surface area contributed by atoms with Crippen molar-refractivity contribution in [3.05, 3.63) is 23.8 Å². The fraction of sp³-hybridized carbons (Fsp3) is 0.300. The Morgan fingerprint density at radius 1 is 1.50 bits per heavy atom. The van der Waals surface area contributed by atoms with Crippen molar-refractivity contribution < 1.29 is 14.3 Å². The quantitative estimate of drug-likeness (QED) is 0.744. The number of anilines is 1. The van der Waals surface area contributed by atoms with Crippen molar-refractivity contribution in [3.8, 4) is 5.75 Å². The van der Waals surface area contributed by atoms with Gasteiger partial charge in [0.05, 0.1) is 12.8 Å². The summed E-state index contributed by atoms with van der Waals surface area (Å²) in [4.78, 5) is 11.0. The standard InChI is InChI=1S/C10H11NO3/c1-6-8-5-7(13-2)3-4-9(8)11-10(12)14-6/h3-6H,1-2H3,(H,11,12). The molecule has 1 unspecified atom stereocenters. The van der Waals surface area contributed by atoms with Gasteiger partial charge in [0.2, 0.25) is 0 Å². The summed E-state index contributed by atoms with van der Waals surface area (Å²) in [6, 6.07) is 5.47. The lowest BCUT2D eigenvalue weighted by Crippen LogP contribution is -2.22. The minimum absolute atomic E-state index is 0.228. The van der Waals surface area contributed by atoms with Crippen LogP contribution < -0.4 is 10.1 Å². The van der Waals surface area contributed by atoms with Crippen molar-refractivity contribution in [1.82, 2.24) is 0 Å². The first-order chi connectivity index (χ1) is 6.70. The molecule has 1 aromatic rings. The van der Waals surface area contributed by atoms with Gasteiger partial charge in [0.25, 0.3) is 0 Å². The van der Waals surface area contributed by atoms with Gasteiger partial charge in [-0.3, -0.25) is 5.32 Å². The predicted octanol–water partition coefficient (Wildman–Crippen LogP) is 2.32. The molecule has 0 aromatic heterocycles. The third-order valence-corrected chi connectivity index (χ3v) is 2.22. The number of cyclic esters (lactones) is 1. The van der Waals surface area contributed by atoms with E-state index in [4.69, 9.17) is 9.47 Å². The predicted molar refractivity (Wildman–Crippen MR) is 51.5 cm³/mol. The molecular weight excluding hydrogens is 182 g/mol. The average molecular weight is 193 g/mol. The monoisotopic (exact) mass is 193 g/mol. The fourth-order valence-electron chi connectivity index (χ4n) is 1.48. The van der Waals surface area contributed by atoms with Crippen molar-refractivity contribution in [1.29, 1.82) is 0 Å². The van der Waals surface area contributed by atoms with Crippen molar-refractivity contribution in [2.24, 2.45) is 0 Å². The molecule has 1 heterocycles. The lowest BCUT2D eigenvalue weighted by Gasteiger charge is -2.23. The van der Waals surface area contributed by atoms with Crippen LogP contribution in [0.3, 0.4) is 0 Å². The van der Waals surface area contributed by atoms with Crippen LogP contribution in [0.25, 0.3) is 0 Å². The van der Waals surface area contributed by atoms with Crippen LogP contribution in [0, 0.1) is 0 Å². The minimum atomic E-state index is -0.407. The second kappa shape index (κ2) is 3.21. The van der Waals surface area contributed by atoms with E-state index in [0.29, 0.717) is 0 Å². The highest BCUT2D eigenvalue weighted by Gasteiger charge is 2.22.